The monoisotopic (exact) mass is 181 g/mol. The largest absolute Gasteiger partial charge is 0.367 e. The molecule has 0 aliphatic carbocycles. The van der Waals surface area contributed by atoms with Gasteiger partial charge in [0.1, 0.15) is 0 Å². The lowest BCUT2D eigenvalue weighted by atomic mass is 9.96. The Morgan fingerprint density at radius 1 is 1.54 bits per heavy atom. The first-order valence-corrected chi connectivity index (χ1v) is 4.66. The van der Waals surface area contributed by atoms with E-state index < -0.39 is 0 Å². The van der Waals surface area contributed by atoms with Crippen LogP contribution in [0.1, 0.15) is 18.5 Å². The molecule has 1 heterocycles. The Morgan fingerprint density at radius 2 is 2.23 bits per heavy atom. The van der Waals surface area contributed by atoms with Gasteiger partial charge in [0, 0.05) is 18.4 Å². The van der Waals surface area contributed by atoms with E-state index in [1.165, 1.54) is 5.56 Å². The van der Waals surface area contributed by atoms with Crippen LogP contribution >= 0.6 is 0 Å². The molecule has 1 aromatic rings. The lowest BCUT2D eigenvalue weighted by Crippen LogP contribution is -2.29. The van der Waals surface area contributed by atoms with Gasteiger partial charge in [-0.15, -0.1) is 0 Å². The SMILES string of the molecule is CC(CN)C(c1cc[nH]c1)N(C)C. The van der Waals surface area contributed by atoms with E-state index in [9.17, 15) is 0 Å². The van der Waals surface area contributed by atoms with Crippen LogP contribution in [-0.4, -0.2) is 30.5 Å². The maximum Gasteiger partial charge on any atom is 0.0394 e. The van der Waals surface area contributed by atoms with E-state index in [2.05, 4.69) is 37.0 Å². The molecule has 0 spiro atoms. The molecular weight excluding hydrogens is 162 g/mol. The Labute approximate surface area is 79.9 Å². The van der Waals surface area contributed by atoms with E-state index in [0.29, 0.717) is 18.5 Å². The van der Waals surface area contributed by atoms with Gasteiger partial charge in [0.05, 0.1) is 0 Å². The highest BCUT2D eigenvalue weighted by Gasteiger charge is 2.20. The van der Waals surface area contributed by atoms with Crippen molar-refractivity contribution in [2.45, 2.75) is 13.0 Å². The van der Waals surface area contributed by atoms with Gasteiger partial charge in [-0.25, -0.2) is 0 Å². The van der Waals surface area contributed by atoms with Crippen molar-refractivity contribution in [3.63, 3.8) is 0 Å². The molecule has 2 atom stereocenters. The topological polar surface area (TPSA) is 45.1 Å². The number of rotatable bonds is 4. The molecule has 0 aromatic carbocycles. The van der Waals surface area contributed by atoms with E-state index in [1.807, 2.05) is 12.4 Å². The highest BCUT2D eigenvalue weighted by atomic mass is 15.1. The summed E-state index contributed by atoms with van der Waals surface area (Å²) in [5.74, 6) is 0.478. The molecule has 0 fully saturated rings. The zero-order valence-electron chi connectivity index (χ0n) is 8.62. The molecule has 3 N–H and O–H groups in total. The first kappa shape index (κ1) is 10.3. The van der Waals surface area contributed by atoms with Gasteiger partial charge in [-0.05, 0) is 38.2 Å². The zero-order chi connectivity index (χ0) is 9.84. The quantitative estimate of drug-likeness (QED) is 0.733. The fraction of sp³-hybridized carbons (Fsp3) is 0.600. The maximum atomic E-state index is 5.68. The number of aromatic amines is 1. The predicted molar refractivity (Wildman–Crippen MR) is 55.4 cm³/mol. The molecule has 1 rings (SSSR count). The Kier molecular flexibility index (Phi) is 3.51. The van der Waals surface area contributed by atoms with Crippen molar-refractivity contribution in [3.05, 3.63) is 24.0 Å². The van der Waals surface area contributed by atoms with Crippen molar-refractivity contribution in [2.75, 3.05) is 20.6 Å². The molecule has 0 saturated carbocycles. The minimum Gasteiger partial charge on any atom is -0.367 e. The number of hydrogen-bond donors (Lipinski definition) is 2. The summed E-state index contributed by atoms with van der Waals surface area (Å²) < 4.78 is 0. The van der Waals surface area contributed by atoms with Crippen LogP contribution in [0.2, 0.25) is 0 Å². The van der Waals surface area contributed by atoms with Crippen LogP contribution in [0.4, 0.5) is 0 Å². The Hall–Kier alpha value is -0.800. The standard InChI is InChI=1S/C10H19N3/c1-8(6-11)10(13(2)3)9-4-5-12-7-9/h4-5,7-8,10,12H,6,11H2,1-3H3. The molecule has 0 saturated heterocycles. The number of nitrogens with zero attached hydrogens (tertiary/aromatic N) is 1. The summed E-state index contributed by atoms with van der Waals surface area (Å²) in [7, 11) is 4.17. The van der Waals surface area contributed by atoms with E-state index >= 15 is 0 Å². The molecule has 1 aromatic heterocycles. The summed E-state index contributed by atoms with van der Waals surface area (Å²) >= 11 is 0. The van der Waals surface area contributed by atoms with Crippen LogP contribution in [-0.2, 0) is 0 Å². The fourth-order valence-electron chi connectivity index (χ4n) is 1.79. The molecule has 0 amide bonds. The number of nitrogens with one attached hydrogen (secondary N) is 1. The molecule has 0 radical (unpaired) electrons. The molecule has 74 valence electrons. The molecule has 0 bridgehead atoms. The van der Waals surface area contributed by atoms with Gasteiger partial charge in [-0.3, -0.25) is 0 Å². The minimum atomic E-state index is 0.413. The molecule has 3 heteroatoms. The van der Waals surface area contributed by atoms with Crippen molar-refractivity contribution < 1.29 is 0 Å². The summed E-state index contributed by atoms with van der Waals surface area (Å²) in [6.45, 7) is 2.89. The lowest BCUT2D eigenvalue weighted by Gasteiger charge is -2.28. The van der Waals surface area contributed by atoms with Crippen LogP contribution in [0.5, 0.6) is 0 Å². The van der Waals surface area contributed by atoms with Gasteiger partial charge in [0.25, 0.3) is 0 Å². The van der Waals surface area contributed by atoms with Gasteiger partial charge in [0.15, 0.2) is 0 Å². The lowest BCUT2D eigenvalue weighted by molar-refractivity contribution is 0.228. The van der Waals surface area contributed by atoms with E-state index in [-0.39, 0.29) is 0 Å². The third kappa shape index (κ3) is 2.32. The van der Waals surface area contributed by atoms with E-state index in [1.54, 1.807) is 0 Å². The Morgan fingerprint density at radius 3 is 2.62 bits per heavy atom. The second kappa shape index (κ2) is 4.44. The Bertz CT molecular complexity index is 228. The van der Waals surface area contributed by atoms with E-state index in [4.69, 9.17) is 5.73 Å². The number of nitrogens with two attached hydrogens (primary N) is 1. The summed E-state index contributed by atoms with van der Waals surface area (Å²) in [4.78, 5) is 5.29. The van der Waals surface area contributed by atoms with Crippen LogP contribution in [0.25, 0.3) is 0 Å². The number of aromatic nitrogens is 1. The van der Waals surface area contributed by atoms with Gasteiger partial charge in [-0.1, -0.05) is 6.92 Å². The van der Waals surface area contributed by atoms with Crippen molar-refractivity contribution >= 4 is 0 Å². The van der Waals surface area contributed by atoms with Crippen LogP contribution in [0.15, 0.2) is 18.5 Å². The molecule has 0 aliphatic heterocycles. The van der Waals surface area contributed by atoms with Gasteiger partial charge < -0.3 is 15.6 Å². The fourth-order valence-corrected chi connectivity index (χ4v) is 1.79. The van der Waals surface area contributed by atoms with Crippen LogP contribution in [0.3, 0.4) is 0 Å². The molecule has 13 heavy (non-hydrogen) atoms. The predicted octanol–water partition coefficient (Wildman–Crippen LogP) is 1.21. The first-order chi connectivity index (χ1) is 6.16. The van der Waals surface area contributed by atoms with E-state index in [0.717, 1.165) is 0 Å². The maximum absolute atomic E-state index is 5.68. The normalized spacial score (nSPS) is 16.1. The van der Waals surface area contributed by atoms with Crippen molar-refractivity contribution in [3.8, 4) is 0 Å². The summed E-state index contributed by atoms with van der Waals surface area (Å²) in [5, 5.41) is 0. The first-order valence-electron chi connectivity index (χ1n) is 4.66. The highest BCUT2D eigenvalue weighted by molar-refractivity contribution is 5.14. The third-order valence-electron chi connectivity index (χ3n) is 2.43. The average Bonchev–Trinajstić information content (AvgIpc) is 2.56. The van der Waals surface area contributed by atoms with Crippen molar-refractivity contribution in [1.29, 1.82) is 0 Å². The smallest absolute Gasteiger partial charge is 0.0394 e. The summed E-state index contributed by atoms with van der Waals surface area (Å²) in [6, 6.07) is 2.52. The second-order valence-electron chi connectivity index (χ2n) is 3.77. The number of hydrogen-bond acceptors (Lipinski definition) is 2. The third-order valence-corrected chi connectivity index (χ3v) is 2.43. The van der Waals surface area contributed by atoms with Gasteiger partial charge in [0.2, 0.25) is 0 Å². The van der Waals surface area contributed by atoms with Gasteiger partial charge >= 0.3 is 0 Å². The molecule has 2 unspecified atom stereocenters. The minimum absolute atomic E-state index is 0.413. The highest BCUT2D eigenvalue weighted by Crippen LogP contribution is 2.25. The molecule has 0 aliphatic rings. The average molecular weight is 181 g/mol. The molecular formula is C10H19N3. The number of H-pyrrole nitrogens is 1. The van der Waals surface area contributed by atoms with Crippen LogP contribution < -0.4 is 5.73 Å². The zero-order valence-corrected chi connectivity index (χ0v) is 8.62. The second-order valence-corrected chi connectivity index (χ2v) is 3.77. The Balaban J connectivity index is 2.80. The van der Waals surface area contributed by atoms with Crippen molar-refractivity contribution in [2.24, 2.45) is 11.7 Å². The molecule has 3 nitrogen and oxygen atoms in total. The van der Waals surface area contributed by atoms with Crippen LogP contribution in [0, 0.1) is 5.92 Å². The van der Waals surface area contributed by atoms with Gasteiger partial charge in [-0.2, -0.15) is 0 Å². The summed E-state index contributed by atoms with van der Waals surface area (Å²) in [6.07, 6.45) is 3.99. The summed E-state index contributed by atoms with van der Waals surface area (Å²) in [5.41, 5.74) is 6.99. The van der Waals surface area contributed by atoms with Crippen molar-refractivity contribution in [1.82, 2.24) is 9.88 Å².